The number of ether oxygens (including phenoxy) is 1. The van der Waals surface area contributed by atoms with Crippen molar-refractivity contribution in [2.75, 3.05) is 13.7 Å². The molecule has 14 heavy (non-hydrogen) atoms. The fraction of sp³-hybridized carbons (Fsp3) is 0.556. The van der Waals surface area contributed by atoms with Crippen LogP contribution in [0.5, 0.6) is 0 Å². The fourth-order valence-electron chi connectivity index (χ4n) is 1.67. The van der Waals surface area contributed by atoms with Crippen molar-refractivity contribution in [3.8, 4) is 0 Å². The van der Waals surface area contributed by atoms with E-state index in [0.717, 1.165) is 25.1 Å². The highest BCUT2D eigenvalue weighted by atomic mass is 16.5. The summed E-state index contributed by atoms with van der Waals surface area (Å²) in [5.74, 6) is -0.398. The second kappa shape index (κ2) is 3.79. The van der Waals surface area contributed by atoms with Gasteiger partial charge in [0, 0.05) is 6.04 Å². The highest BCUT2D eigenvalue weighted by Crippen LogP contribution is 2.21. The van der Waals surface area contributed by atoms with Crippen LogP contribution >= 0.6 is 0 Å². The molecule has 1 aliphatic heterocycles. The van der Waals surface area contributed by atoms with Crippen LogP contribution in [-0.4, -0.2) is 29.8 Å². The number of nitrogens with zero attached hydrogens (tertiary/aromatic N) is 1. The lowest BCUT2D eigenvalue weighted by molar-refractivity contribution is 0.0594. The van der Waals surface area contributed by atoms with E-state index in [1.54, 1.807) is 6.07 Å². The van der Waals surface area contributed by atoms with Crippen LogP contribution in [0.2, 0.25) is 0 Å². The fourth-order valence-corrected chi connectivity index (χ4v) is 1.67. The molecule has 0 aliphatic carbocycles. The number of hydrogen-bond acceptors (Lipinski definition) is 4. The first kappa shape index (κ1) is 9.21. The molecule has 0 radical (unpaired) electrons. The Morgan fingerprint density at radius 1 is 1.71 bits per heavy atom. The SMILES string of the molecule is COC(=O)c1cc([C@@H]2CCCN2)[nH]n1. The quantitative estimate of drug-likeness (QED) is 0.679. The van der Waals surface area contributed by atoms with Crippen molar-refractivity contribution in [3.63, 3.8) is 0 Å². The number of rotatable bonds is 2. The Kier molecular flexibility index (Phi) is 2.49. The number of aromatic nitrogens is 2. The van der Waals surface area contributed by atoms with E-state index in [2.05, 4.69) is 20.3 Å². The third-order valence-electron chi connectivity index (χ3n) is 2.43. The number of carbonyl (C=O) groups is 1. The summed E-state index contributed by atoms with van der Waals surface area (Å²) in [5, 5.41) is 10.1. The second-order valence-corrected chi connectivity index (χ2v) is 3.35. The maximum atomic E-state index is 11.1. The normalized spacial score (nSPS) is 21.1. The molecule has 1 aromatic heterocycles. The largest absolute Gasteiger partial charge is 0.464 e. The van der Waals surface area contributed by atoms with Gasteiger partial charge in [0.05, 0.1) is 12.8 Å². The van der Waals surface area contributed by atoms with Crippen LogP contribution in [-0.2, 0) is 4.74 Å². The molecule has 1 aromatic rings. The van der Waals surface area contributed by atoms with Gasteiger partial charge in [-0.2, -0.15) is 5.10 Å². The Bertz CT molecular complexity index is 329. The summed E-state index contributed by atoms with van der Waals surface area (Å²) < 4.78 is 4.57. The van der Waals surface area contributed by atoms with Crippen LogP contribution in [0.25, 0.3) is 0 Å². The average Bonchev–Trinajstić information content (AvgIpc) is 2.86. The molecule has 0 saturated carbocycles. The number of nitrogens with one attached hydrogen (secondary N) is 2. The Morgan fingerprint density at radius 2 is 2.57 bits per heavy atom. The third-order valence-corrected chi connectivity index (χ3v) is 2.43. The maximum absolute atomic E-state index is 11.1. The second-order valence-electron chi connectivity index (χ2n) is 3.35. The van der Waals surface area contributed by atoms with E-state index in [0.29, 0.717) is 11.7 Å². The van der Waals surface area contributed by atoms with Crippen molar-refractivity contribution in [3.05, 3.63) is 17.5 Å². The van der Waals surface area contributed by atoms with Crippen LogP contribution in [0.1, 0.15) is 35.1 Å². The Balaban J connectivity index is 2.12. The lowest BCUT2D eigenvalue weighted by atomic mass is 10.1. The molecule has 76 valence electrons. The van der Waals surface area contributed by atoms with Gasteiger partial charge in [0.15, 0.2) is 5.69 Å². The van der Waals surface area contributed by atoms with Gasteiger partial charge >= 0.3 is 5.97 Å². The van der Waals surface area contributed by atoms with Crippen molar-refractivity contribution >= 4 is 5.97 Å². The Morgan fingerprint density at radius 3 is 3.21 bits per heavy atom. The zero-order chi connectivity index (χ0) is 9.97. The van der Waals surface area contributed by atoms with Gasteiger partial charge in [0.1, 0.15) is 0 Å². The van der Waals surface area contributed by atoms with E-state index >= 15 is 0 Å². The van der Waals surface area contributed by atoms with Crippen molar-refractivity contribution in [2.45, 2.75) is 18.9 Å². The monoisotopic (exact) mass is 195 g/mol. The predicted octanol–water partition coefficient (Wildman–Crippen LogP) is 0.621. The molecule has 1 saturated heterocycles. The van der Waals surface area contributed by atoms with E-state index in [4.69, 9.17) is 0 Å². The van der Waals surface area contributed by atoms with Gasteiger partial charge in [0.25, 0.3) is 0 Å². The van der Waals surface area contributed by atoms with Crippen LogP contribution < -0.4 is 5.32 Å². The van der Waals surface area contributed by atoms with E-state index in [1.165, 1.54) is 7.11 Å². The summed E-state index contributed by atoms with van der Waals surface area (Å²) in [4.78, 5) is 11.1. The van der Waals surface area contributed by atoms with Crippen molar-refractivity contribution < 1.29 is 9.53 Å². The average molecular weight is 195 g/mol. The standard InChI is InChI=1S/C9H13N3O2/c1-14-9(13)8-5-7(11-12-8)6-3-2-4-10-6/h5-6,10H,2-4H2,1H3,(H,11,12)/t6-/m0/s1. The molecule has 2 heterocycles. The van der Waals surface area contributed by atoms with Crippen molar-refractivity contribution in [2.24, 2.45) is 0 Å². The molecule has 0 unspecified atom stereocenters. The van der Waals surface area contributed by atoms with Gasteiger partial charge in [-0.1, -0.05) is 0 Å². The van der Waals surface area contributed by atoms with Crippen LogP contribution in [0, 0.1) is 0 Å². The number of esters is 1. The molecule has 2 rings (SSSR count). The Labute approximate surface area is 81.8 Å². The molecule has 0 amide bonds. The zero-order valence-electron chi connectivity index (χ0n) is 8.04. The smallest absolute Gasteiger partial charge is 0.358 e. The third kappa shape index (κ3) is 1.63. The highest BCUT2D eigenvalue weighted by Gasteiger charge is 2.20. The minimum atomic E-state index is -0.398. The first-order valence-corrected chi connectivity index (χ1v) is 4.68. The molecule has 1 atom stereocenters. The molecular formula is C9H13N3O2. The summed E-state index contributed by atoms with van der Waals surface area (Å²) in [6.45, 7) is 1.03. The lowest BCUT2D eigenvalue weighted by Crippen LogP contribution is -2.13. The zero-order valence-corrected chi connectivity index (χ0v) is 8.04. The molecule has 5 heteroatoms. The topological polar surface area (TPSA) is 67.0 Å². The molecule has 2 N–H and O–H groups in total. The summed E-state index contributed by atoms with van der Waals surface area (Å²) in [6, 6.07) is 2.05. The first-order chi connectivity index (χ1) is 6.81. The molecule has 0 spiro atoms. The van der Waals surface area contributed by atoms with E-state index in [1.807, 2.05) is 0 Å². The van der Waals surface area contributed by atoms with Gasteiger partial charge < -0.3 is 10.1 Å². The van der Waals surface area contributed by atoms with E-state index < -0.39 is 5.97 Å². The van der Waals surface area contributed by atoms with Gasteiger partial charge in [-0.25, -0.2) is 4.79 Å². The molecule has 0 aromatic carbocycles. The lowest BCUT2D eigenvalue weighted by Gasteiger charge is -2.04. The van der Waals surface area contributed by atoms with Crippen molar-refractivity contribution in [1.29, 1.82) is 0 Å². The van der Waals surface area contributed by atoms with Crippen molar-refractivity contribution in [1.82, 2.24) is 15.5 Å². The molecule has 0 bridgehead atoms. The first-order valence-electron chi connectivity index (χ1n) is 4.68. The number of carbonyl (C=O) groups excluding carboxylic acids is 1. The molecule has 5 nitrogen and oxygen atoms in total. The molecule has 1 fully saturated rings. The molecular weight excluding hydrogens is 182 g/mol. The number of methoxy groups -OCH3 is 1. The van der Waals surface area contributed by atoms with Gasteiger partial charge in [0.2, 0.25) is 0 Å². The van der Waals surface area contributed by atoms with E-state index in [-0.39, 0.29) is 0 Å². The van der Waals surface area contributed by atoms with Crippen LogP contribution in [0.4, 0.5) is 0 Å². The highest BCUT2D eigenvalue weighted by molar-refractivity contribution is 5.87. The minimum absolute atomic E-state index is 0.306. The van der Waals surface area contributed by atoms with Crippen LogP contribution in [0.3, 0.4) is 0 Å². The van der Waals surface area contributed by atoms with Gasteiger partial charge in [-0.15, -0.1) is 0 Å². The molecule has 1 aliphatic rings. The summed E-state index contributed by atoms with van der Waals surface area (Å²) in [5.41, 5.74) is 1.30. The van der Waals surface area contributed by atoms with Gasteiger partial charge in [-0.05, 0) is 25.5 Å². The minimum Gasteiger partial charge on any atom is -0.464 e. The number of aromatic amines is 1. The number of H-pyrrole nitrogens is 1. The maximum Gasteiger partial charge on any atom is 0.358 e. The Hall–Kier alpha value is -1.36. The number of hydrogen-bond donors (Lipinski definition) is 2. The van der Waals surface area contributed by atoms with Crippen LogP contribution in [0.15, 0.2) is 6.07 Å². The predicted molar refractivity (Wildman–Crippen MR) is 49.9 cm³/mol. The summed E-state index contributed by atoms with van der Waals surface area (Å²) in [7, 11) is 1.35. The summed E-state index contributed by atoms with van der Waals surface area (Å²) >= 11 is 0. The summed E-state index contributed by atoms with van der Waals surface area (Å²) in [6.07, 6.45) is 2.25. The van der Waals surface area contributed by atoms with E-state index in [9.17, 15) is 4.79 Å². The van der Waals surface area contributed by atoms with Gasteiger partial charge in [-0.3, -0.25) is 5.10 Å².